The van der Waals surface area contributed by atoms with Crippen molar-refractivity contribution in [2.45, 2.75) is 76.7 Å². The summed E-state index contributed by atoms with van der Waals surface area (Å²) in [4.78, 5) is 11.8. The van der Waals surface area contributed by atoms with Crippen molar-refractivity contribution in [3.63, 3.8) is 0 Å². The smallest absolute Gasteiger partial charge is 0.137 e. The average Bonchev–Trinajstić information content (AvgIpc) is 2.88. The van der Waals surface area contributed by atoms with Crippen LogP contribution in [0.1, 0.15) is 71.1 Å². The van der Waals surface area contributed by atoms with Gasteiger partial charge in [-0.25, -0.2) is 0 Å². The number of terminal acetylenes is 1. The van der Waals surface area contributed by atoms with Crippen molar-refractivity contribution in [1.29, 1.82) is 0 Å². The Morgan fingerprint density at radius 2 is 2.04 bits per heavy atom. The summed E-state index contributed by atoms with van der Waals surface area (Å²) in [6.45, 7) is 2.22. The van der Waals surface area contributed by atoms with Crippen LogP contribution in [0.25, 0.3) is 0 Å². The zero-order valence-electron chi connectivity index (χ0n) is 14.2. The molecule has 0 aromatic rings. The highest BCUT2D eigenvalue weighted by molar-refractivity contribution is 5.82. The maximum atomic E-state index is 11.8. The number of allylic oxidation sites excluding steroid dienone is 2. The maximum Gasteiger partial charge on any atom is 0.137 e. The zero-order chi connectivity index (χ0) is 16.2. The minimum absolute atomic E-state index is 0.0640. The van der Waals surface area contributed by atoms with Crippen molar-refractivity contribution in [3.05, 3.63) is 11.1 Å². The lowest BCUT2D eigenvalue weighted by Crippen LogP contribution is -2.52. The molecule has 0 saturated heterocycles. The molecule has 0 bridgehead atoms. The van der Waals surface area contributed by atoms with Crippen molar-refractivity contribution in [1.82, 2.24) is 0 Å². The molecule has 0 radical (unpaired) electrons. The third-order valence-electron chi connectivity index (χ3n) is 7.92. The predicted molar refractivity (Wildman–Crippen MR) is 90.6 cm³/mol. The molecule has 2 saturated carbocycles. The first kappa shape index (κ1) is 15.5. The topological polar surface area (TPSA) is 37.3 Å². The van der Waals surface area contributed by atoms with E-state index in [0.717, 1.165) is 57.8 Å². The Labute approximate surface area is 139 Å². The molecule has 2 fully saturated rings. The number of carbonyl (C=O) groups is 1. The van der Waals surface area contributed by atoms with Gasteiger partial charge in [0.05, 0.1) is 0 Å². The van der Waals surface area contributed by atoms with Crippen LogP contribution in [0.3, 0.4) is 0 Å². The summed E-state index contributed by atoms with van der Waals surface area (Å²) in [6.07, 6.45) is 15.6. The van der Waals surface area contributed by atoms with Crippen LogP contribution >= 0.6 is 0 Å². The summed E-state index contributed by atoms with van der Waals surface area (Å²) in [5.41, 5.74) is 2.14. The molecule has 0 amide bonds. The highest BCUT2D eigenvalue weighted by Gasteiger charge is 2.62. The molecule has 1 N–H and O–H groups in total. The Morgan fingerprint density at radius 1 is 1.22 bits per heavy atom. The van der Waals surface area contributed by atoms with Crippen LogP contribution in [-0.4, -0.2) is 16.5 Å². The Hall–Kier alpha value is -1.07. The van der Waals surface area contributed by atoms with E-state index in [1.807, 2.05) is 0 Å². The molecule has 0 aliphatic heterocycles. The third-order valence-corrected chi connectivity index (χ3v) is 7.92. The first-order valence-electron chi connectivity index (χ1n) is 9.47. The number of fused-ring (bicyclic) bond motifs is 4. The molecule has 2 nitrogen and oxygen atoms in total. The molecule has 0 aromatic heterocycles. The van der Waals surface area contributed by atoms with E-state index in [4.69, 9.17) is 6.42 Å². The quantitative estimate of drug-likeness (QED) is 0.586. The Balaban J connectivity index is 1.69. The van der Waals surface area contributed by atoms with Gasteiger partial charge in [0.2, 0.25) is 0 Å². The monoisotopic (exact) mass is 312 g/mol. The average molecular weight is 312 g/mol. The number of rotatable bonds is 1. The van der Waals surface area contributed by atoms with Gasteiger partial charge in [0, 0.05) is 18.3 Å². The second kappa shape index (κ2) is 5.21. The molecule has 2 heteroatoms. The molecule has 0 unspecified atom stereocenters. The van der Waals surface area contributed by atoms with Crippen LogP contribution in [0.4, 0.5) is 0 Å². The van der Waals surface area contributed by atoms with Crippen LogP contribution < -0.4 is 0 Å². The van der Waals surface area contributed by atoms with Crippen LogP contribution in [0, 0.1) is 35.5 Å². The molecule has 4 aliphatic rings. The second-order valence-corrected chi connectivity index (χ2v) is 8.35. The molecule has 23 heavy (non-hydrogen) atoms. The molecule has 0 spiro atoms. The normalized spacial score (nSPS) is 46.0. The van der Waals surface area contributed by atoms with Crippen molar-refractivity contribution in [2.24, 2.45) is 23.2 Å². The molecule has 5 atom stereocenters. The van der Waals surface area contributed by atoms with Crippen molar-refractivity contribution >= 4 is 5.78 Å². The largest absolute Gasteiger partial charge is 0.377 e. The van der Waals surface area contributed by atoms with Gasteiger partial charge in [-0.1, -0.05) is 24.0 Å². The minimum atomic E-state index is -0.894. The number of carbonyl (C=O) groups excluding carboxylic acids is 1. The van der Waals surface area contributed by atoms with Gasteiger partial charge < -0.3 is 5.11 Å². The van der Waals surface area contributed by atoms with Crippen molar-refractivity contribution in [2.75, 3.05) is 0 Å². The SMILES string of the molecule is C#C[C@@]1(O)CC[C@H]2[C@@H]3CCC4=C(CCC(=O)C4)[C@H]3CC[C@]21CC. The third kappa shape index (κ3) is 1.96. The van der Waals surface area contributed by atoms with E-state index in [0.29, 0.717) is 23.5 Å². The van der Waals surface area contributed by atoms with Crippen molar-refractivity contribution < 1.29 is 9.90 Å². The Morgan fingerprint density at radius 3 is 2.78 bits per heavy atom. The first-order valence-corrected chi connectivity index (χ1v) is 9.47. The predicted octanol–water partition coefficient (Wildman–Crippen LogP) is 4.03. The highest BCUT2D eigenvalue weighted by Crippen LogP contribution is 2.65. The summed E-state index contributed by atoms with van der Waals surface area (Å²) in [6, 6.07) is 0. The minimum Gasteiger partial charge on any atom is -0.377 e. The number of Topliss-reactive ketones (excluding diaryl/α,β-unsaturated/α-hetero) is 1. The van der Waals surface area contributed by atoms with E-state index < -0.39 is 5.60 Å². The van der Waals surface area contributed by atoms with Crippen LogP contribution in [-0.2, 0) is 4.79 Å². The lowest BCUT2D eigenvalue weighted by Gasteiger charge is -2.54. The van der Waals surface area contributed by atoms with Gasteiger partial charge in [-0.2, -0.15) is 0 Å². The summed E-state index contributed by atoms with van der Waals surface area (Å²) in [5, 5.41) is 11.1. The summed E-state index contributed by atoms with van der Waals surface area (Å²) in [5.74, 6) is 5.13. The molecular weight excluding hydrogens is 284 g/mol. The van der Waals surface area contributed by atoms with E-state index in [-0.39, 0.29) is 5.41 Å². The molecule has 0 heterocycles. The summed E-state index contributed by atoms with van der Waals surface area (Å²) in [7, 11) is 0. The summed E-state index contributed by atoms with van der Waals surface area (Å²) >= 11 is 0. The molecule has 4 rings (SSSR count). The number of hydrogen-bond acceptors (Lipinski definition) is 2. The van der Waals surface area contributed by atoms with Gasteiger partial charge in [0.1, 0.15) is 11.4 Å². The fourth-order valence-corrected chi connectivity index (χ4v) is 6.83. The van der Waals surface area contributed by atoms with E-state index in [9.17, 15) is 9.90 Å². The number of hydrogen-bond donors (Lipinski definition) is 1. The van der Waals surface area contributed by atoms with Crippen molar-refractivity contribution in [3.8, 4) is 12.3 Å². The molecule has 0 aromatic carbocycles. The van der Waals surface area contributed by atoms with Gasteiger partial charge in [-0.05, 0) is 69.1 Å². The van der Waals surface area contributed by atoms with Crippen LogP contribution in [0.2, 0.25) is 0 Å². The lowest BCUT2D eigenvalue weighted by atomic mass is 9.51. The maximum absolute atomic E-state index is 11.8. The number of aliphatic hydroxyl groups is 1. The van der Waals surface area contributed by atoms with E-state index in [1.165, 1.54) is 12.0 Å². The van der Waals surface area contributed by atoms with E-state index in [1.54, 1.807) is 5.57 Å². The fourth-order valence-electron chi connectivity index (χ4n) is 6.83. The Bertz CT molecular complexity index is 610. The first-order chi connectivity index (χ1) is 11.0. The number of ketones is 1. The van der Waals surface area contributed by atoms with Gasteiger partial charge in [-0.15, -0.1) is 6.42 Å². The van der Waals surface area contributed by atoms with Gasteiger partial charge in [-0.3, -0.25) is 4.79 Å². The highest BCUT2D eigenvalue weighted by atomic mass is 16.3. The summed E-state index contributed by atoms with van der Waals surface area (Å²) < 4.78 is 0. The lowest BCUT2D eigenvalue weighted by molar-refractivity contribution is -0.119. The molecule has 4 aliphatic carbocycles. The fraction of sp³-hybridized carbons (Fsp3) is 0.762. The van der Waals surface area contributed by atoms with Gasteiger partial charge >= 0.3 is 0 Å². The van der Waals surface area contributed by atoms with E-state index in [2.05, 4.69) is 12.8 Å². The van der Waals surface area contributed by atoms with Crippen LogP contribution in [0.5, 0.6) is 0 Å². The van der Waals surface area contributed by atoms with Crippen LogP contribution in [0.15, 0.2) is 11.1 Å². The second-order valence-electron chi connectivity index (χ2n) is 8.35. The Kier molecular flexibility index (Phi) is 3.50. The van der Waals surface area contributed by atoms with E-state index >= 15 is 0 Å². The molecule has 124 valence electrons. The zero-order valence-corrected chi connectivity index (χ0v) is 14.2. The van der Waals surface area contributed by atoms with Gasteiger partial charge in [0.25, 0.3) is 0 Å². The van der Waals surface area contributed by atoms with Gasteiger partial charge in [0.15, 0.2) is 0 Å². The standard InChI is InChI=1S/C21H28O2/c1-3-20-11-9-17-16-8-6-15(22)13-14(16)5-7-18(17)19(20)10-12-21(20,23)4-2/h2,17-19,23H,3,5-13H2,1H3/t17-,18-,19+,20-,21-/m1/s1. The molecular formula is C21H28O2.